The summed E-state index contributed by atoms with van der Waals surface area (Å²) in [5.74, 6) is -0.873. The van der Waals surface area contributed by atoms with E-state index in [9.17, 15) is 13.7 Å². The number of carbonyl (C=O) groups is 1. The molecule has 0 bridgehead atoms. The number of carbonyl (C=O) groups excluding carboxylic acids is 1. The van der Waals surface area contributed by atoms with Gasteiger partial charge in [0.2, 0.25) is 0 Å². The van der Waals surface area contributed by atoms with Gasteiger partial charge in [0.15, 0.2) is 0 Å². The average molecular weight is 188 g/mol. The Balaban J connectivity index is 2.86. The zero-order valence-electron chi connectivity index (χ0n) is 6.62. The highest BCUT2D eigenvalue weighted by Gasteiger charge is 2.25. The molecule has 12 heavy (non-hydrogen) atoms. The van der Waals surface area contributed by atoms with Gasteiger partial charge in [-0.1, -0.05) is 0 Å². The van der Waals surface area contributed by atoms with E-state index in [1.807, 2.05) is 0 Å². The summed E-state index contributed by atoms with van der Waals surface area (Å²) in [6.45, 7) is 0. The first kappa shape index (κ1) is 9.48. The molecule has 1 aliphatic rings. The summed E-state index contributed by atoms with van der Waals surface area (Å²) in [5.41, 5.74) is 0. The second kappa shape index (κ2) is 3.87. The summed E-state index contributed by atoms with van der Waals surface area (Å²) in [4.78, 5) is 11.0. The SMILES string of the molecule is C[S+]([O-])C1=CC=C(F)CC1C=O. The van der Waals surface area contributed by atoms with Crippen LogP contribution in [-0.4, -0.2) is 17.1 Å². The van der Waals surface area contributed by atoms with E-state index in [1.54, 1.807) is 0 Å². The van der Waals surface area contributed by atoms with Gasteiger partial charge >= 0.3 is 0 Å². The van der Waals surface area contributed by atoms with E-state index in [0.717, 1.165) is 0 Å². The van der Waals surface area contributed by atoms with Crippen molar-refractivity contribution < 1.29 is 13.7 Å². The van der Waals surface area contributed by atoms with Gasteiger partial charge in [-0.3, -0.25) is 0 Å². The van der Waals surface area contributed by atoms with Gasteiger partial charge in [-0.2, -0.15) is 0 Å². The first-order valence-corrected chi connectivity index (χ1v) is 5.06. The molecule has 0 amide bonds. The third-order valence-electron chi connectivity index (χ3n) is 1.71. The zero-order chi connectivity index (χ0) is 9.14. The molecule has 4 heteroatoms. The van der Waals surface area contributed by atoms with Gasteiger partial charge in [0.1, 0.15) is 23.3 Å². The predicted octanol–water partition coefficient (Wildman–Crippen LogP) is 1.32. The van der Waals surface area contributed by atoms with Crippen molar-refractivity contribution in [1.82, 2.24) is 0 Å². The van der Waals surface area contributed by atoms with Crippen molar-refractivity contribution >= 4 is 17.5 Å². The molecule has 1 aliphatic carbocycles. The van der Waals surface area contributed by atoms with Crippen molar-refractivity contribution in [3.05, 3.63) is 22.9 Å². The van der Waals surface area contributed by atoms with Crippen LogP contribution in [0.3, 0.4) is 0 Å². The fourth-order valence-electron chi connectivity index (χ4n) is 1.10. The second-order valence-corrected chi connectivity index (χ2v) is 3.96. The Kier molecular flexibility index (Phi) is 3.05. The van der Waals surface area contributed by atoms with Crippen molar-refractivity contribution in [2.75, 3.05) is 6.26 Å². The second-order valence-electron chi connectivity index (χ2n) is 2.58. The van der Waals surface area contributed by atoms with Crippen LogP contribution in [0, 0.1) is 5.92 Å². The lowest BCUT2D eigenvalue weighted by atomic mass is 10.0. The van der Waals surface area contributed by atoms with Gasteiger partial charge in [-0.15, -0.1) is 0 Å². The number of hydrogen-bond donors (Lipinski definition) is 0. The number of aldehydes is 1. The van der Waals surface area contributed by atoms with Crippen LogP contribution in [0.5, 0.6) is 0 Å². The highest BCUT2D eigenvalue weighted by atomic mass is 32.2. The van der Waals surface area contributed by atoms with E-state index in [0.29, 0.717) is 11.2 Å². The molecule has 0 spiro atoms. The molecule has 2 unspecified atom stereocenters. The molecule has 0 aromatic carbocycles. The smallest absolute Gasteiger partial charge is 0.140 e. The van der Waals surface area contributed by atoms with E-state index in [1.165, 1.54) is 18.4 Å². The maximum atomic E-state index is 12.6. The van der Waals surface area contributed by atoms with Crippen molar-refractivity contribution in [3.63, 3.8) is 0 Å². The number of rotatable bonds is 2. The predicted molar refractivity (Wildman–Crippen MR) is 45.5 cm³/mol. The number of hydrogen-bond acceptors (Lipinski definition) is 2. The summed E-state index contributed by atoms with van der Waals surface area (Å²) in [6.07, 6.45) is 4.86. The van der Waals surface area contributed by atoms with Crippen LogP contribution in [0.15, 0.2) is 22.9 Å². The molecular weight excluding hydrogens is 179 g/mol. The normalized spacial score (nSPS) is 25.8. The standard InChI is InChI=1S/C8H9FO2S/c1-12(11)8-3-2-7(9)4-6(8)5-10/h2-3,5-6H,4H2,1H3. The van der Waals surface area contributed by atoms with Gasteiger partial charge in [0, 0.05) is 6.42 Å². The molecule has 0 aromatic heterocycles. The minimum absolute atomic E-state index is 0.0505. The van der Waals surface area contributed by atoms with Crippen LogP contribution in [-0.2, 0) is 16.0 Å². The number of allylic oxidation sites excluding steroid dienone is 4. The molecule has 0 fully saturated rings. The van der Waals surface area contributed by atoms with Crippen LogP contribution in [0.4, 0.5) is 4.39 Å². The molecular formula is C8H9FO2S. The Morgan fingerprint density at radius 3 is 2.92 bits per heavy atom. The lowest BCUT2D eigenvalue weighted by Crippen LogP contribution is -2.16. The van der Waals surface area contributed by atoms with Gasteiger partial charge < -0.3 is 9.35 Å². The summed E-state index contributed by atoms with van der Waals surface area (Å²) < 4.78 is 23.6. The van der Waals surface area contributed by atoms with E-state index in [-0.39, 0.29) is 12.2 Å². The first-order valence-electron chi connectivity index (χ1n) is 3.50. The van der Waals surface area contributed by atoms with E-state index in [4.69, 9.17) is 0 Å². The van der Waals surface area contributed by atoms with E-state index < -0.39 is 17.1 Å². The van der Waals surface area contributed by atoms with Crippen LogP contribution in [0.25, 0.3) is 0 Å². The van der Waals surface area contributed by atoms with Gasteiger partial charge in [0.25, 0.3) is 0 Å². The molecule has 0 aromatic rings. The van der Waals surface area contributed by atoms with Gasteiger partial charge in [-0.05, 0) is 23.3 Å². The Morgan fingerprint density at radius 1 is 1.75 bits per heavy atom. The molecule has 0 saturated heterocycles. The van der Waals surface area contributed by atoms with Crippen LogP contribution in [0.1, 0.15) is 6.42 Å². The average Bonchev–Trinajstić information content (AvgIpc) is 2.03. The Hall–Kier alpha value is -0.610. The topological polar surface area (TPSA) is 40.1 Å². The monoisotopic (exact) mass is 188 g/mol. The molecule has 1 rings (SSSR count). The third kappa shape index (κ3) is 1.95. The maximum Gasteiger partial charge on any atom is 0.140 e. The Labute approximate surface area is 73.3 Å². The molecule has 2 nitrogen and oxygen atoms in total. The molecule has 0 radical (unpaired) electrons. The molecule has 2 atom stereocenters. The maximum absolute atomic E-state index is 12.6. The molecule has 0 N–H and O–H groups in total. The van der Waals surface area contributed by atoms with Crippen molar-refractivity contribution in [1.29, 1.82) is 0 Å². The van der Waals surface area contributed by atoms with Gasteiger partial charge in [0.05, 0.1) is 5.92 Å². The fourth-order valence-corrected chi connectivity index (χ4v) is 1.92. The molecule has 66 valence electrons. The zero-order valence-corrected chi connectivity index (χ0v) is 7.44. The fraction of sp³-hybridized carbons (Fsp3) is 0.375. The highest BCUT2D eigenvalue weighted by molar-refractivity contribution is 7.94. The lowest BCUT2D eigenvalue weighted by molar-refractivity contribution is -0.110. The molecule has 0 aliphatic heterocycles. The van der Waals surface area contributed by atoms with Crippen LogP contribution >= 0.6 is 0 Å². The minimum atomic E-state index is -1.18. The first-order chi connectivity index (χ1) is 5.65. The van der Waals surface area contributed by atoms with E-state index in [2.05, 4.69) is 0 Å². The summed E-state index contributed by atoms with van der Waals surface area (Å²) in [5, 5.41) is 0. The minimum Gasteiger partial charge on any atom is -0.612 e. The largest absolute Gasteiger partial charge is 0.612 e. The Morgan fingerprint density at radius 2 is 2.42 bits per heavy atom. The quantitative estimate of drug-likeness (QED) is 0.484. The highest BCUT2D eigenvalue weighted by Crippen LogP contribution is 2.27. The molecule has 0 heterocycles. The van der Waals surface area contributed by atoms with Crippen LogP contribution < -0.4 is 0 Å². The molecule has 0 saturated carbocycles. The van der Waals surface area contributed by atoms with Gasteiger partial charge in [-0.25, -0.2) is 4.39 Å². The van der Waals surface area contributed by atoms with Crippen molar-refractivity contribution in [3.8, 4) is 0 Å². The number of halogens is 1. The van der Waals surface area contributed by atoms with Crippen molar-refractivity contribution in [2.24, 2.45) is 5.92 Å². The van der Waals surface area contributed by atoms with Crippen LogP contribution in [0.2, 0.25) is 0 Å². The third-order valence-corrected chi connectivity index (χ3v) is 2.81. The summed E-state index contributed by atoms with van der Waals surface area (Å²) >= 11 is -1.18. The lowest BCUT2D eigenvalue weighted by Gasteiger charge is -2.16. The summed E-state index contributed by atoms with van der Waals surface area (Å²) in [6, 6.07) is 0. The van der Waals surface area contributed by atoms with Crippen molar-refractivity contribution in [2.45, 2.75) is 6.42 Å². The van der Waals surface area contributed by atoms with E-state index >= 15 is 0 Å². The Bertz CT molecular complexity index is 245. The summed E-state index contributed by atoms with van der Waals surface area (Å²) in [7, 11) is 0.